The van der Waals surface area contributed by atoms with Crippen molar-refractivity contribution in [3.63, 3.8) is 0 Å². The van der Waals surface area contributed by atoms with Gasteiger partial charge < -0.3 is 16.0 Å². The molecule has 0 saturated carbocycles. The fourth-order valence-corrected chi connectivity index (χ4v) is 2.94. The highest BCUT2D eigenvalue weighted by molar-refractivity contribution is 6.31. The quantitative estimate of drug-likeness (QED) is 0.575. The molecule has 0 unspecified atom stereocenters. The van der Waals surface area contributed by atoms with Gasteiger partial charge in [-0.25, -0.2) is 9.97 Å². The molecule has 12 heteroatoms. The minimum atomic E-state index is -4.57. The minimum absolute atomic E-state index is 0.0125. The summed E-state index contributed by atoms with van der Waals surface area (Å²) in [6.07, 6.45) is -0.351. The first-order valence-electron chi connectivity index (χ1n) is 8.49. The number of pyridine rings is 1. The fraction of sp³-hybridized carbons (Fsp3) is 0.353. The number of nitrogens with two attached hydrogens (primary N) is 1. The van der Waals surface area contributed by atoms with E-state index in [0.29, 0.717) is 21.6 Å². The highest BCUT2D eigenvalue weighted by Gasteiger charge is 2.43. The van der Waals surface area contributed by atoms with Gasteiger partial charge in [0, 0.05) is 23.3 Å². The number of nitrogens with zero attached hydrogens (tertiary/aromatic N) is 4. The lowest BCUT2D eigenvalue weighted by atomic mass is 9.83. The minimum Gasteiger partial charge on any atom is -0.345 e. The van der Waals surface area contributed by atoms with E-state index >= 15 is 0 Å². The lowest BCUT2D eigenvalue weighted by molar-refractivity contribution is -0.143. The number of hydrogen-bond acceptors (Lipinski definition) is 6. The van der Waals surface area contributed by atoms with E-state index in [9.17, 15) is 18.0 Å². The van der Waals surface area contributed by atoms with Crippen LogP contribution in [0.1, 0.15) is 19.5 Å². The van der Waals surface area contributed by atoms with Crippen LogP contribution in [0.2, 0.25) is 5.02 Å². The lowest BCUT2D eigenvalue weighted by Gasteiger charge is -2.31. The van der Waals surface area contributed by atoms with Crippen molar-refractivity contribution < 1.29 is 18.0 Å². The lowest BCUT2D eigenvalue weighted by Crippen LogP contribution is -2.56. The molecule has 0 fully saturated rings. The number of aromatic nitrogens is 5. The number of rotatable bonds is 5. The molecule has 29 heavy (non-hydrogen) atoms. The zero-order chi connectivity index (χ0) is 21.4. The van der Waals surface area contributed by atoms with Gasteiger partial charge in [0.1, 0.15) is 17.7 Å². The monoisotopic (exact) mass is 427 g/mol. The largest absolute Gasteiger partial charge is 0.405 e. The number of halogens is 4. The van der Waals surface area contributed by atoms with E-state index in [4.69, 9.17) is 17.3 Å². The van der Waals surface area contributed by atoms with Crippen LogP contribution < -0.4 is 11.1 Å². The van der Waals surface area contributed by atoms with Crippen LogP contribution in [0.3, 0.4) is 0 Å². The second-order valence-electron chi connectivity index (χ2n) is 6.74. The summed E-state index contributed by atoms with van der Waals surface area (Å²) >= 11 is 6.00. The Labute approximate surface area is 168 Å². The molecule has 3 aromatic rings. The molecule has 0 radical (unpaired) electrons. The average molecular weight is 428 g/mol. The Balaban J connectivity index is 2.03. The smallest absolute Gasteiger partial charge is 0.345 e. The maximum Gasteiger partial charge on any atom is 0.405 e. The van der Waals surface area contributed by atoms with Crippen molar-refractivity contribution in [3.05, 3.63) is 35.4 Å². The first kappa shape index (κ1) is 20.9. The van der Waals surface area contributed by atoms with E-state index in [0.717, 1.165) is 6.20 Å². The van der Waals surface area contributed by atoms with Crippen molar-refractivity contribution >= 4 is 28.5 Å². The van der Waals surface area contributed by atoms with Crippen molar-refractivity contribution in [3.8, 4) is 11.4 Å². The molecule has 3 heterocycles. The Morgan fingerprint density at radius 2 is 2.07 bits per heavy atom. The first-order valence-corrected chi connectivity index (χ1v) is 8.87. The predicted octanol–water partition coefficient (Wildman–Crippen LogP) is 2.56. The second-order valence-corrected chi connectivity index (χ2v) is 7.18. The molecule has 1 atom stereocenters. The van der Waals surface area contributed by atoms with E-state index in [1.54, 1.807) is 26.1 Å². The normalized spacial score (nSPS) is 14.2. The summed E-state index contributed by atoms with van der Waals surface area (Å²) in [4.78, 5) is 24.0. The number of nitrogens with one attached hydrogen (secondary N) is 2. The number of fused-ring (bicyclic) bond motifs is 1. The van der Waals surface area contributed by atoms with Gasteiger partial charge in [0.05, 0.1) is 16.9 Å². The molecule has 0 aliphatic heterocycles. The third-order valence-corrected chi connectivity index (χ3v) is 4.66. The Morgan fingerprint density at radius 1 is 1.34 bits per heavy atom. The highest BCUT2D eigenvalue weighted by atomic mass is 35.5. The summed E-state index contributed by atoms with van der Waals surface area (Å²) in [6, 6.07) is 1.65. The van der Waals surface area contributed by atoms with Crippen molar-refractivity contribution in [2.75, 3.05) is 6.54 Å². The fourth-order valence-electron chi connectivity index (χ4n) is 2.78. The third kappa shape index (κ3) is 4.15. The Hall–Kier alpha value is -2.79. The summed E-state index contributed by atoms with van der Waals surface area (Å²) < 4.78 is 37.6. The van der Waals surface area contributed by atoms with Crippen LogP contribution in [0.15, 0.2) is 24.7 Å². The zero-order valence-corrected chi connectivity index (χ0v) is 16.1. The maximum atomic E-state index is 12.6. The van der Waals surface area contributed by atoms with Gasteiger partial charge in [-0.2, -0.15) is 18.3 Å². The van der Waals surface area contributed by atoms with Crippen molar-refractivity contribution in [1.82, 2.24) is 30.5 Å². The standard InChI is InChI=1S/C17H17ClF3N7O/c1-8(2)17(22,15(29)25-7-16(19,20)21)12-6-26-28-14(27-12)11-5-24-13-10(11)3-9(18)4-23-13/h3-6,8H,7,22H2,1-2H3,(H,23,24)(H,25,29)/t17-/m0/s1. The number of alkyl halides is 3. The zero-order valence-electron chi connectivity index (χ0n) is 15.4. The molecule has 1 amide bonds. The van der Waals surface area contributed by atoms with Crippen LogP contribution in [0, 0.1) is 5.92 Å². The Bertz CT molecular complexity index is 1050. The Kier molecular flexibility index (Phi) is 5.46. The molecule has 154 valence electrons. The molecule has 8 nitrogen and oxygen atoms in total. The van der Waals surface area contributed by atoms with Crippen molar-refractivity contribution in [2.45, 2.75) is 25.6 Å². The molecule has 0 aliphatic rings. The molecule has 0 saturated heterocycles. The topological polar surface area (TPSA) is 122 Å². The average Bonchev–Trinajstić information content (AvgIpc) is 3.07. The number of amides is 1. The first-order chi connectivity index (χ1) is 13.5. The third-order valence-electron chi connectivity index (χ3n) is 4.46. The van der Waals surface area contributed by atoms with Gasteiger partial charge in [-0.15, -0.1) is 5.10 Å². The van der Waals surface area contributed by atoms with Crippen LogP contribution in [0.5, 0.6) is 0 Å². The molecule has 4 N–H and O–H groups in total. The van der Waals surface area contributed by atoms with E-state index < -0.39 is 30.1 Å². The van der Waals surface area contributed by atoms with Gasteiger partial charge in [0.15, 0.2) is 5.82 Å². The molecular weight excluding hydrogens is 411 g/mol. The van der Waals surface area contributed by atoms with E-state index in [1.165, 1.54) is 6.20 Å². The van der Waals surface area contributed by atoms with Gasteiger partial charge in [-0.1, -0.05) is 25.4 Å². The molecular formula is C17H17ClF3N7O. The van der Waals surface area contributed by atoms with Crippen LogP contribution in [0.4, 0.5) is 13.2 Å². The SMILES string of the molecule is CC(C)[C@@](N)(C(=O)NCC(F)(F)F)c1cnnc(-c2c[nH]c3ncc(Cl)cc23)n1. The van der Waals surface area contributed by atoms with Crippen molar-refractivity contribution in [1.29, 1.82) is 0 Å². The number of H-pyrrole nitrogens is 1. The Morgan fingerprint density at radius 3 is 2.72 bits per heavy atom. The van der Waals surface area contributed by atoms with Gasteiger partial charge in [0.25, 0.3) is 0 Å². The molecule has 0 bridgehead atoms. The summed E-state index contributed by atoms with van der Waals surface area (Å²) in [6.45, 7) is 1.70. The number of hydrogen-bond donors (Lipinski definition) is 3. The number of carbonyl (C=O) groups is 1. The molecule has 0 aliphatic carbocycles. The van der Waals surface area contributed by atoms with Crippen LogP contribution >= 0.6 is 11.6 Å². The number of carbonyl (C=O) groups excluding carboxylic acids is 1. The summed E-state index contributed by atoms with van der Waals surface area (Å²) in [5, 5.41) is 10.6. The van der Waals surface area contributed by atoms with Crippen LogP contribution in [-0.2, 0) is 10.3 Å². The summed E-state index contributed by atoms with van der Waals surface area (Å²) in [5.74, 6) is -1.48. The molecule has 0 spiro atoms. The van der Waals surface area contributed by atoms with Gasteiger partial charge >= 0.3 is 6.18 Å². The van der Waals surface area contributed by atoms with Gasteiger partial charge in [-0.05, 0) is 12.0 Å². The van der Waals surface area contributed by atoms with E-state index in [1.807, 2.05) is 5.32 Å². The maximum absolute atomic E-state index is 12.6. The highest BCUT2D eigenvalue weighted by Crippen LogP contribution is 2.30. The predicted molar refractivity (Wildman–Crippen MR) is 99.7 cm³/mol. The van der Waals surface area contributed by atoms with Gasteiger partial charge in [0.2, 0.25) is 5.91 Å². The molecule has 0 aromatic carbocycles. The van der Waals surface area contributed by atoms with E-state index in [-0.39, 0.29) is 11.5 Å². The molecule has 3 rings (SSSR count). The second kappa shape index (κ2) is 7.56. The number of aromatic amines is 1. The van der Waals surface area contributed by atoms with Gasteiger partial charge in [-0.3, -0.25) is 4.79 Å². The summed E-state index contributed by atoms with van der Waals surface area (Å²) in [7, 11) is 0. The van der Waals surface area contributed by atoms with Crippen LogP contribution in [0.25, 0.3) is 22.4 Å². The summed E-state index contributed by atoms with van der Waals surface area (Å²) in [5.41, 5.74) is 5.42. The van der Waals surface area contributed by atoms with E-state index in [2.05, 4.69) is 25.1 Å². The van der Waals surface area contributed by atoms with Crippen LogP contribution in [-0.4, -0.2) is 43.8 Å². The molecule has 3 aromatic heterocycles. The van der Waals surface area contributed by atoms with Crippen molar-refractivity contribution in [2.24, 2.45) is 11.7 Å².